The van der Waals surface area contributed by atoms with Crippen LogP contribution in [0.3, 0.4) is 0 Å². The number of ether oxygens (including phenoxy) is 1. The fourth-order valence-electron chi connectivity index (χ4n) is 2.67. The topological polar surface area (TPSA) is 29.5 Å². The molecule has 0 aromatic rings. The van der Waals surface area contributed by atoms with Crippen LogP contribution in [0.4, 0.5) is 9.18 Å². The molecule has 4 heteroatoms. The molecule has 3 nitrogen and oxygen atoms in total. The van der Waals surface area contributed by atoms with Crippen LogP contribution in [0.2, 0.25) is 0 Å². The van der Waals surface area contributed by atoms with Crippen molar-refractivity contribution < 1.29 is 13.9 Å². The molecule has 1 amide bonds. The molecule has 2 aliphatic rings. The lowest BCUT2D eigenvalue weighted by Gasteiger charge is -2.33. The van der Waals surface area contributed by atoms with Crippen molar-refractivity contribution in [2.24, 2.45) is 11.8 Å². The highest BCUT2D eigenvalue weighted by molar-refractivity contribution is 5.68. The van der Waals surface area contributed by atoms with Crippen molar-refractivity contribution in [2.75, 3.05) is 13.1 Å². The van der Waals surface area contributed by atoms with E-state index in [1.165, 1.54) is 0 Å². The molecule has 2 bridgehead atoms. The Kier molecular flexibility index (Phi) is 2.84. The summed E-state index contributed by atoms with van der Waals surface area (Å²) in [5.41, 5.74) is -0.470. The molecule has 92 valence electrons. The Balaban J connectivity index is 1.94. The SMILES string of the molecule is CC(C)(C)OC(=O)N1CC2CC(F)C(C2)C1. The molecule has 2 rings (SSSR count). The number of carbonyl (C=O) groups is 1. The summed E-state index contributed by atoms with van der Waals surface area (Å²) in [6.45, 7) is 6.72. The molecule has 2 fully saturated rings. The van der Waals surface area contributed by atoms with E-state index in [2.05, 4.69) is 0 Å². The van der Waals surface area contributed by atoms with E-state index in [0.717, 1.165) is 6.42 Å². The molecule has 1 aliphatic carbocycles. The zero-order valence-electron chi connectivity index (χ0n) is 10.2. The summed E-state index contributed by atoms with van der Waals surface area (Å²) >= 11 is 0. The Morgan fingerprint density at radius 2 is 2.00 bits per heavy atom. The molecule has 1 aliphatic heterocycles. The molecule has 1 saturated carbocycles. The van der Waals surface area contributed by atoms with Gasteiger partial charge >= 0.3 is 6.09 Å². The maximum atomic E-state index is 13.5. The van der Waals surface area contributed by atoms with E-state index in [1.807, 2.05) is 20.8 Å². The van der Waals surface area contributed by atoms with Gasteiger partial charge in [-0.25, -0.2) is 9.18 Å². The van der Waals surface area contributed by atoms with Crippen molar-refractivity contribution >= 4 is 6.09 Å². The highest BCUT2D eigenvalue weighted by atomic mass is 19.1. The minimum Gasteiger partial charge on any atom is -0.444 e. The van der Waals surface area contributed by atoms with Crippen molar-refractivity contribution in [1.29, 1.82) is 0 Å². The molecule has 0 aromatic heterocycles. The number of fused-ring (bicyclic) bond motifs is 2. The van der Waals surface area contributed by atoms with E-state index in [-0.39, 0.29) is 12.0 Å². The Bertz CT molecular complexity index is 285. The molecule has 0 spiro atoms. The Morgan fingerprint density at radius 3 is 2.56 bits per heavy atom. The van der Waals surface area contributed by atoms with Crippen LogP contribution in [-0.2, 0) is 4.74 Å². The third-order valence-corrected chi connectivity index (χ3v) is 3.29. The van der Waals surface area contributed by atoms with Gasteiger partial charge in [0.1, 0.15) is 11.8 Å². The second-order valence-electron chi connectivity index (χ2n) is 6.00. The third-order valence-electron chi connectivity index (χ3n) is 3.29. The largest absolute Gasteiger partial charge is 0.444 e. The van der Waals surface area contributed by atoms with Crippen molar-refractivity contribution in [1.82, 2.24) is 4.90 Å². The molecule has 0 aromatic carbocycles. The van der Waals surface area contributed by atoms with Gasteiger partial charge in [-0.1, -0.05) is 0 Å². The molecule has 1 saturated heterocycles. The smallest absolute Gasteiger partial charge is 0.410 e. The van der Waals surface area contributed by atoms with E-state index < -0.39 is 11.8 Å². The Morgan fingerprint density at radius 1 is 1.31 bits per heavy atom. The van der Waals surface area contributed by atoms with Crippen molar-refractivity contribution in [3.8, 4) is 0 Å². The van der Waals surface area contributed by atoms with Gasteiger partial charge in [0.15, 0.2) is 0 Å². The van der Waals surface area contributed by atoms with Crippen LogP contribution >= 0.6 is 0 Å². The Labute approximate surface area is 95.9 Å². The summed E-state index contributed by atoms with van der Waals surface area (Å²) < 4.78 is 18.8. The Hall–Kier alpha value is -0.800. The lowest BCUT2D eigenvalue weighted by atomic mass is 9.99. The van der Waals surface area contributed by atoms with E-state index in [0.29, 0.717) is 25.4 Å². The lowest BCUT2D eigenvalue weighted by molar-refractivity contribution is 0.0141. The van der Waals surface area contributed by atoms with Crippen LogP contribution in [0.5, 0.6) is 0 Å². The fourth-order valence-corrected chi connectivity index (χ4v) is 2.67. The summed E-state index contributed by atoms with van der Waals surface area (Å²) in [5, 5.41) is 0. The molecular weight excluding hydrogens is 209 g/mol. The zero-order chi connectivity index (χ0) is 11.9. The number of likely N-dealkylation sites (tertiary alicyclic amines) is 1. The van der Waals surface area contributed by atoms with E-state index >= 15 is 0 Å². The summed E-state index contributed by atoms with van der Waals surface area (Å²) in [6.07, 6.45) is 0.526. The number of rotatable bonds is 0. The van der Waals surface area contributed by atoms with Crippen molar-refractivity contribution in [3.63, 3.8) is 0 Å². The maximum Gasteiger partial charge on any atom is 0.410 e. The van der Waals surface area contributed by atoms with Gasteiger partial charge in [0.05, 0.1) is 0 Å². The van der Waals surface area contributed by atoms with Crippen LogP contribution in [0.15, 0.2) is 0 Å². The molecule has 3 atom stereocenters. The van der Waals surface area contributed by atoms with Crippen LogP contribution in [0.25, 0.3) is 0 Å². The zero-order valence-corrected chi connectivity index (χ0v) is 10.2. The van der Waals surface area contributed by atoms with Gasteiger partial charge in [-0.15, -0.1) is 0 Å². The van der Waals surface area contributed by atoms with Crippen LogP contribution in [-0.4, -0.2) is 35.9 Å². The number of hydrogen-bond donors (Lipinski definition) is 0. The minimum atomic E-state index is -0.725. The number of piperidine rings is 1. The second-order valence-corrected chi connectivity index (χ2v) is 6.00. The molecule has 1 heterocycles. The number of carbonyl (C=O) groups excluding carboxylic acids is 1. The van der Waals surface area contributed by atoms with Crippen molar-refractivity contribution in [3.05, 3.63) is 0 Å². The first kappa shape index (κ1) is 11.7. The first-order chi connectivity index (χ1) is 7.35. The molecule has 0 radical (unpaired) electrons. The molecule has 0 N–H and O–H groups in total. The van der Waals surface area contributed by atoms with E-state index in [1.54, 1.807) is 4.90 Å². The normalized spacial score (nSPS) is 34.0. The number of nitrogens with zero attached hydrogens (tertiary/aromatic N) is 1. The van der Waals surface area contributed by atoms with Crippen LogP contribution in [0, 0.1) is 11.8 Å². The minimum absolute atomic E-state index is 0.0336. The average molecular weight is 229 g/mol. The van der Waals surface area contributed by atoms with E-state index in [4.69, 9.17) is 4.74 Å². The summed E-state index contributed by atoms with van der Waals surface area (Å²) in [7, 11) is 0. The molecule has 3 unspecified atom stereocenters. The molecule has 16 heavy (non-hydrogen) atoms. The highest BCUT2D eigenvalue weighted by Crippen LogP contribution is 2.38. The van der Waals surface area contributed by atoms with Gasteiger partial charge in [0.25, 0.3) is 0 Å². The van der Waals surface area contributed by atoms with Gasteiger partial charge < -0.3 is 9.64 Å². The predicted molar refractivity (Wildman–Crippen MR) is 58.9 cm³/mol. The number of hydrogen-bond acceptors (Lipinski definition) is 2. The number of halogens is 1. The van der Waals surface area contributed by atoms with Gasteiger partial charge in [0.2, 0.25) is 0 Å². The van der Waals surface area contributed by atoms with Gasteiger partial charge in [-0.05, 0) is 39.5 Å². The average Bonchev–Trinajstić information content (AvgIpc) is 2.37. The van der Waals surface area contributed by atoms with Crippen LogP contribution < -0.4 is 0 Å². The lowest BCUT2D eigenvalue weighted by Crippen LogP contribution is -2.44. The molecular formula is C12H20FNO2. The standard InChI is InChI=1S/C12H20FNO2/c1-12(2,3)16-11(15)14-6-8-4-9(7-14)10(13)5-8/h8-10H,4-7H2,1-3H3. The maximum absolute atomic E-state index is 13.5. The summed E-state index contributed by atoms with van der Waals surface area (Å²) in [4.78, 5) is 13.5. The third kappa shape index (κ3) is 2.47. The van der Waals surface area contributed by atoms with Gasteiger partial charge in [-0.3, -0.25) is 0 Å². The monoisotopic (exact) mass is 229 g/mol. The highest BCUT2D eigenvalue weighted by Gasteiger charge is 2.42. The summed E-state index contributed by atoms with van der Waals surface area (Å²) in [6, 6.07) is 0. The number of alkyl halides is 1. The van der Waals surface area contributed by atoms with Gasteiger partial charge in [-0.2, -0.15) is 0 Å². The second kappa shape index (κ2) is 3.90. The fraction of sp³-hybridized carbons (Fsp3) is 0.917. The van der Waals surface area contributed by atoms with Gasteiger partial charge in [0, 0.05) is 19.0 Å². The first-order valence-electron chi connectivity index (χ1n) is 5.97. The first-order valence-corrected chi connectivity index (χ1v) is 5.97. The van der Waals surface area contributed by atoms with Crippen molar-refractivity contribution in [2.45, 2.75) is 45.4 Å². The summed E-state index contributed by atoms with van der Waals surface area (Å²) in [5.74, 6) is 0.368. The van der Waals surface area contributed by atoms with Crippen LogP contribution in [0.1, 0.15) is 33.6 Å². The predicted octanol–water partition coefficient (Wildman–Crippen LogP) is 2.60. The number of amides is 1. The van der Waals surface area contributed by atoms with E-state index in [9.17, 15) is 9.18 Å². The quantitative estimate of drug-likeness (QED) is 0.639.